The number of anilines is 1. The van der Waals surface area contributed by atoms with Crippen molar-refractivity contribution in [3.8, 4) is 22.6 Å². The molecule has 1 amide bonds. The molecule has 0 saturated heterocycles. The molecule has 1 aliphatic rings. The van der Waals surface area contributed by atoms with Gasteiger partial charge in [0, 0.05) is 10.9 Å². The highest BCUT2D eigenvalue weighted by molar-refractivity contribution is 6.00. The molecule has 0 aromatic heterocycles. The molecule has 4 aromatic carbocycles. The molecule has 0 fully saturated rings. The van der Waals surface area contributed by atoms with Crippen LogP contribution < -0.4 is 14.8 Å². The summed E-state index contributed by atoms with van der Waals surface area (Å²) in [6.45, 7) is 0. The molecule has 152 valence electrons. The molecule has 1 atom stereocenters. The van der Waals surface area contributed by atoms with E-state index < -0.39 is 6.10 Å². The Morgan fingerprint density at radius 2 is 1.71 bits per heavy atom. The second-order valence-electron chi connectivity index (χ2n) is 7.37. The smallest absolute Gasteiger partial charge is 0.269 e. The van der Waals surface area contributed by atoms with E-state index in [0.717, 1.165) is 33.2 Å². The van der Waals surface area contributed by atoms with Crippen LogP contribution in [0.5, 0.6) is 11.5 Å². The van der Waals surface area contributed by atoms with Crippen molar-refractivity contribution >= 4 is 28.4 Å². The second-order valence-corrected chi connectivity index (χ2v) is 7.37. The van der Waals surface area contributed by atoms with Crippen LogP contribution in [0.3, 0.4) is 0 Å². The zero-order valence-electron chi connectivity index (χ0n) is 17.0. The Bertz CT molecular complexity index is 1290. The summed E-state index contributed by atoms with van der Waals surface area (Å²) in [6.07, 6.45) is 2.99. The van der Waals surface area contributed by atoms with Crippen LogP contribution in [0.25, 0.3) is 28.0 Å². The molecule has 0 saturated carbocycles. The molecule has 4 heteroatoms. The lowest BCUT2D eigenvalue weighted by Crippen LogP contribution is -2.32. The van der Waals surface area contributed by atoms with Crippen LogP contribution in [0.2, 0.25) is 0 Å². The number of carbonyl (C=O) groups excluding carboxylic acids is 1. The molecule has 4 aromatic rings. The Balaban J connectivity index is 1.39. The zero-order chi connectivity index (χ0) is 21.2. The normalized spacial score (nSPS) is 14.5. The van der Waals surface area contributed by atoms with Crippen molar-refractivity contribution in [3.63, 3.8) is 0 Å². The lowest BCUT2D eigenvalue weighted by molar-refractivity contribution is -0.120. The van der Waals surface area contributed by atoms with Gasteiger partial charge in [-0.15, -0.1) is 0 Å². The molecular formula is C27H21NO3. The van der Waals surface area contributed by atoms with Crippen LogP contribution in [0.1, 0.15) is 5.56 Å². The van der Waals surface area contributed by atoms with Crippen molar-refractivity contribution in [3.05, 3.63) is 96.6 Å². The number of nitrogens with one attached hydrogen (secondary N) is 1. The van der Waals surface area contributed by atoms with Gasteiger partial charge in [-0.3, -0.25) is 4.79 Å². The summed E-state index contributed by atoms with van der Waals surface area (Å²) in [5.74, 6) is 1.08. The van der Waals surface area contributed by atoms with E-state index in [1.165, 1.54) is 0 Å². The maximum Gasteiger partial charge on any atom is 0.269 e. The first-order valence-electron chi connectivity index (χ1n) is 10.1. The minimum atomic E-state index is -0.725. The van der Waals surface area contributed by atoms with Crippen LogP contribution in [-0.2, 0) is 4.79 Å². The number of fused-ring (bicyclic) bond motifs is 3. The van der Waals surface area contributed by atoms with Crippen molar-refractivity contribution in [2.75, 3.05) is 12.4 Å². The Morgan fingerprint density at radius 1 is 0.903 bits per heavy atom. The predicted octanol–water partition coefficient (Wildman–Crippen LogP) is 5.93. The summed E-state index contributed by atoms with van der Waals surface area (Å²) in [6, 6.07) is 27.8. The first-order chi connectivity index (χ1) is 15.2. The van der Waals surface area contributed by atoms with Crippen LogP contribution >= 0.6 is 0 Å². The standard InChI is InChI=1S/C27H21NO3/c1-30-25-17-21(18-7-3-2-4-8-18)13-15-23(25)28-27(29)24-16-14-20-12-11-19-9-5-6-10-22(19)26(20)31-24/h2-17,24H,1H3,(H,28,29). The number of amides is 1. The highest BCUT2D eigenvalue weighted by Gasteiger charge is 2.24. The van der Waals surface area contributed by atoms with E-state index >= 15 is 0 Å². The predicted molar refractivity (Wildman–Crippen MR) is 124 cm³/mol. The maximum atomic E-state index is 13.0. The van der Waals surface area contributed by atoms with E-state index in [2.05, 4.69) is 11.4 Å². The van der Waals surface area contributed by atoms with Crippen molar-refractivity contribution in [2.45, 2.75) is 6.10 Å². The van der Waals surface area contributed by atoms with Crippen LogP contribution in [-0.4, -0.2) is 19.1 Å². The topological polar surface area (TPSA) is 47.6 Å². The Morgan fingerprint density at radius 3 is 2.55 bits per heavy atom. The van der Waals surface area contributed by atoms with Gasteiger partial charge in [0.15, 0.2) is 6.10 Å². The molecule has 31 heavy (non-hydrogen) atoms. The molecule has 0 spiro atoms. The van der Waals surface area contributed by atoms with Gasteiger partial charge in [0.25, 0.3) is 5.91 Å². The van der Waals surface area contributed by atoms with Gasteiger partial charge >= 0.3 is 0 Å². The van der Waals surface area contributed by atoms with Gasteiger partial charge in [-0.1, -0.05) is 78.9 Å². The van der Waals surface area contributed by atoms with E-state index in [1.807, 2.05) is 84.9 Å². The Hall–Kier alpha value is -4.05. The number of benzene rings is 4. The van der Waals surface area contributed by atoms with Gasteiger partial charge in [0.1, 0.15) is 11.5 Å². The summed E-state index contributed by atoms with van der Waals surface area (Å²) in [5, 5.41) is 5.02. The number of ether oxygens (including phenoxy) is 2. The zero-order valence-corrected chi connectivity index (χ0v) is 17.0. The van der Waals surface area contributed by atoms with E-state index in [9.17, 15) is 4.79 Å². The van der Waals surface area contributed by atoms with Crippen molar-refractivity contribution in [1.82, 2.24) is 0 Å². The highest BCUT2D eigenvalue weighted by atomic mass is 16.5. The Kier molecular flexibility index (Phi) is 4.89. The molecule has 0 aliphatic carbocycles. The maximum absolute atomic E-state index is 13.0. The lowest BCUT2D eigenvalue weighted by Gasteiger charge is -2.23. The quantitative estimate of drug-likeness (QED) is 0.456. The van der Waals surface area contributed by atoms with Gasteiger partial charge in [-0.25, -0.2) is 0 Å². The van der Waals surface area contributed by atoms with Crippen molar-refractivity contribution in [1.29, 1.82) is 0 Å². The van der Waals surface area contributed by atoms with Crippen LogP contribution in [0, 0.1) is 0 Å². The van der Waals surface area contributed by atoms with Crippen molar-refractivity contribution < 1.29 is 14.3 Å². The monoisotopic (exact) mass is 407 g/mol. The number of methoxy groups -OCH3 is 1. The fourth-order valence-electron chi connectivity index (χ4n) is 3.83. The summed E-state index contributed by atoms with van der Waals surface area (Å²) in [5.41, 5.74) is 3.67. The minimum absolute atomic E-state index is 0.249. The number of carbonyl (C=O) groups is 1. The average Bonchev–Trinajstić information content (AvgIpc) is 2.84. The Labute approximate surface area is 180 Å². The number of hydrogen-bond acceptors (Lipinski definition) is 3. The molecule has 4 nitrogen and oxygen atoms in total. The molecule has 1 heterocycles. The third kappa shape index (κ3) is 3.64. The lowest BCUT2D eigenvalue weighted by atomic mass is 10.0. The van der Waals surface area contributed by atoms with Gasteiger partial charge < -0.3 is 14.8 Å². The molecule has 0 radical (unpaired) electrons. The van der Waals surface area contributed by atoms with Crippen LogP contribution in [0.4, 0.5) is 5.69 Å². The average molecular weight is 407 g/mol. The third-order valence-corrected chi connectivity index (χ3v) is 5.43. The van der Waals surface area contributed by atoms with E-state index in [4.69, 9.17) is 9.47 Å². The van der Waals surface area contributed by atoms with Gasteiger partial charge in [0.2, 0.25) is 0 Å². The molecule has 1 unspecified atom stereocenters. The van der Waals surface area contributed by atoms with E-state index in [1.54, 1.807) is 13.2 Å². The first-order valence-corrected chi connectivity index (χ1v) is 10.1. The largest absolute Gasteiger partial charge is 0.495 e. The second kappa shape index (κ2) is 8.00. The summed E-state index contributed by atoms with van der Waals surface area (Å²) in [7, 11) is 1.60. The summed E-state index contributed by atoms with van der Waals surface area (Å²) >= 11 is 0. The van der Waals surface area contributed by atoms with E-state index in [0.29, 0.717) is 11.4 Å². The third-order valence-electron chi connectivity index (χ3n) is 5.43. The van der Waals surface area contributed by atoms with Crippen LogP contribution in [0.15, 0.2) is 91.0 Å². The fourth-order valence-corrected chi connectivity index (χ4v) is 3.83. The molecule has 1 N–H and O–H groups in total. The molecule has 0 bridgehead atoms. The molecule has 5 rings (SSSR count). The van der Waals surface area contributed by atoms with Gasteiger partial charge in [0.05, 0.1) is 12.8 Å². The number of rotatable bonds is 4. The minimum Gasteiger partial charge on any atom is -0.495 e. The fraction of sp³-hybridized carbons (Fsp3) is 0.0741. The summed E-state index contributed by atoms with van der Waals surface area (Å²) < 4.78 is 11.6. The molecule has 1 aliphatic heterocycles. The van der Waals surface area contributed by atoms with Crippen molar-refractivity contribution in [2.24, 2.45) is 0 Å². The van der Waals surface area contributed by atoms with E-state index in [-0.39, 0.29) is 5.91 Å². The van der Waals surface area contributed by atoms with Gasteiger partial charge in [-0.05, 0) is 34.7 Å². The first kappa shape index (κ1) is 18.9. The highest BCUT2D eigenvalue weighted by Crippen LogP contribution is 2.35. The summed E-state index contributed by atoms with van der Waals surface area (Å²) in [4.78, 5) is 13.0. The number of hydrogen-bond donors (Lipinski definition) is 1. The van der Waals surface area contributed by atoms with Gasteiger partial charge in [-0.2, -0.15) is 0 Å². The molecular weight excluding hydrogens is 386 g/mol. The SMILES string of the molecule is COc1cc(-c2ccccc2)ccc1NC(=O)C1C=Cc2ccc3ccccc3c2O1.